The molecule has 1 heterocycles. The second-order valence-electron chi connectivity index (χ2n) is 9.46. The van der Waals surface area contributed by atoms with Gasteiger partial charge in [-0.1, -0.05) is 67.8 Å². The Kier molecular flexibility index (Phi) is 7.01. The van der Waals surface area contributed by atoms with E-state index in [1.807, 2.05) is 4.90 Å². The minimum atomic E-state index is -1.33. The van der Waals surface area contributed by atoms with Crippen LogP contribution in [-0.2, 0) is 15.1 Å². The molecule has 1 aromatic carbocycles. The van der Waals surface area contributed by atoms with Gasteiger partial charge >= 0.3 is 6.03 Å². The highest BCUT2D eigenvalue weighted by Crippen LogP contribution is 2.36. The molecule has 2 aliphatic carbocycles. The van der Waals surface area contributed by atoms with E-state index in [9.17, 15) is 14.4 Å². The summed E-state index contributed by atoms with van der Waals surface area (Å²) in [6.07, 6.45) is 10.9. The normalized spacial score (nSPS) is 25.2. The standard InChI is InChI=1S/C24H31Cl2N3O3/c1-24(19-13-12-16(25)14-20(19)26)22(31)28(23(32)27-24)15-21(30)29(17-8-4-2-5-9-17)18-10-6-3-7-11-18/h12-14,17-18H,2-11,15H2,1H3,(H,27,32). The number of hydrogen-bond donors (Lipinski definition) is 1. The Morgan fingerprint density at radius 3 is 2.12 bits per heavy atom. The van der Waals surface area contributed by atoms with Crippen LogP contribution in [0.25, 0.3) is 0 Å². The first-order valence-corrected chi connectivity index (χ1v) is 12.5. The van der Waals surface area contributed by atoms with E-state index < -0.39 is 17.5 Å². The minimum absolute atomic E-state index is 0.126. The molecule has 4 amide bonds. The molecule has 3 fully saturated rings. The highest BCUT2D eigenvalue weighted by molar-refractivity contribution is 6.35. The van der Waals surface area contributed by atoms with E-state index in [1.165, 1.54) is 12.8 Å². The topological polar surface area (TPSA) is 69.7 Å². The van der Waals surface area contributed by atoms with Gasteiger partial charge in [0.2, 0.25) is 5.91 Å². The van der Waals surface area contributed by atoms with Crippen molar-refractivity contribution in [2.75, 3.05) is 6.54 Å². The Bertz CT molecular complexity index is 878. The number of nitrogens with one attached hydrogen (secondary N) is 1. The second-order valence-corrected chi connectivity index (χ2v) is 10.3. The number of hydrogen-bond acceptors (Lipinski definition) is 3. The van der Waals surface area contributed by atoms with Crippen molar-refractivity contribution in [3.8, 4) is 0 Å². The number of rotatable bonds is 5. The maximum Gasteiger partial charge on any atom is 0.325 e. The van der Waals surface area contributed by atoms with Gasteiger partial charge < -0.3 is 10.2 Å². The van der Waals surface area contributed by atoms with E-state index in [0.717, 1.165) is 56.3 Å². The van der Waals surface area contributed by atoms with Crippen molar-refractivity contribution < 1.29 is 14.4 Å². The van der Waals surface area contributed by atoms with E-state index in [2.05, 4.69) is 5.32 Å². The largest absolute Gasteiger partial charge is 0.335 e. The first kappa shape index (κ1) is 23.4. The molecule has 8 heteroatoms. The van der Waals surface area contributed by atoms with Crippen LogP contribution in [0.1, 0.15) is 76.7 Å². The molecule has 0 aromatic heterocycles. The predicted molar refractivity (Wildman–Crippen MR) is 125 cm³/mol. The molecule has 32 heavy (non-hydrogen) atoms. The number of carbonyl (C=O) groups excluding carboxylic acids is 3. The molecular formula is C24H31Cl2N3O3. The van der Waals surface area contributed by atoms with Gasteiger partial charge in [-0.05, 0) is 44.7 Å². The summed E-state index contributed by atoms with van der Waals surface area (Å²) >= 11 is 12.3. The summed E-state index contributed by atoms with van der Waals surface area (Å²) in [4.78, 5) is 42.8. The van der Waals surface area contributed by atoms with Crippen molar-refractivity contribution in [2.24, 2.45) is 0 Å². The lowest BCUT2D eigenvalue weighted by Gasteiger charge is -2.42. The number of halogens is 2. The van der Waals surface area contributed by atoms with E-state index in [4.69, 9.17) is 23.2 Å². The number of benzene rings is 1. The van der Waals surface area contributed by atoms with Crippen LogP contribution < -0.4 is 5.32 Å². The summed E-state index contributed by atoms with van der Waals surface area (Å²) in [5.74, 6) is -0.592. The van der Waals surface area contributed by atoms with Gasteiger partial charge in [0.05, 0.1) is 0 Å². The van der Waals surface area contributed by atoms with Crippen molar-refractivity contribution in [1.29, 1.82) is 0 Å². The lowest BCUT2D eigenvalue weighted by molar-refractivity contribution is -0.143. The van der Waals surface area contributed by atoms with Gasteiger partial charge in [-0.15, -0.1) is 0 Å². The fraction of sp³-hybridized carbons (Fsp3) is 0.625. The molecule has 3 aliphatic rings. The SMILES string of the molecule is CC1(c2ccc(Cl)cc2Cl)NC(=O)N(CC(=O)N(C2CCCCC2)C2CCCCC2)C1=O. The van der Waals surface area contributed by atoms with Crippen LogP contribution in [0.2, 0.25) is 10.0 Å². The summed E-state index contributed by atoms with van der Waals surface area (Å²) in [7, 11) is 0. The van der Waals surface area contributed by atoms with Gasteiger partial charge in [0.25, 0.3) is 5.91 Å². The number of carbonyl (C=O) groups is 3. The Morgan fingerprint density at radius 2 is 1.59 bits per heavy atom. The van der Waals surface area contributed by atoms with Crippen molar-refractivity contribution in [3.63, 3.8) is 0 Å². The monoisotopic (exact) mass is 479 g/mol. The molecule has 6 nitrogen and oxygen atoms in total. The molecular weight excluding hydrogens is 449 g/mol. The van der Waals surface area contributed by atoms with Crippen LogP contribution in [0, 0.1) is 0 Å². The molecule has 2 saturated carbocycles. The molecule has 1 atom stereocenters. The maximum atomic E-state index is 13.6. The summed E-state index contributed by atoms with van der Waals surface area (Å²) in [6.45, 7) is 1.38. The molecule has 0 radical (unpaired) electrons. The van der Waals surface area contributed by atoms with Crippen molar-refractivity contribution >= 4 is 41.0 Å². The van der Waals surface area contributed by atoms with Crippen LogP contribution in [0.5, 0.6) is 0 Å². The van der Waals surface area contributed by atoms with Crippen LogP contribution in [0.15, 0.2) is 18.2 Å². The average Bonchev–Trinajstić information content (AvgIpc) is 2.99. The van der Waals surface area contributed by atoms with E-state index >= 15 is 0 Å². The Labute approximate surface area is 199 Å². The molecule has 1 aromatic rings. The molecule has 0 spiro atoms. The zero-order chi connectivity index (χ0) is 22.9. The highest BCUT2D eigenvalue weighted by Gasteiger charge is 2.51. The Morgan fingerprint density at radius 1 is 1.03 bits per heavy atom. The lowest BCUT2D eigenvalue weighted by atomic mass is 9.88. The number of imide groups is 1. The first-order valence-electron chi connectivity index (χ1n) is 11.7. The quantitative estimate of drug-likeness (QED) is 0.585. The van der Waals surface area contributed by atoms with Crippen LogP contribution in [0.4, 0.5) is 4.79 Å². The van der Waals surface area contributed by atoms with E-state index in [-0.39, 0.29) is 24.5 Å². The smallest absolute Gasteiger partial charge is 0.325 e. The van der Waals surface area contributed by atoms with Crippen LogP contribution in [0.3, 0.4) is 0 Å². The summed E-state index contributed by atoms with van der Waals surface area (Å²) < 4.78 is 0. The molecule has 1 saturated heterocycles. The number of amides is 4. The fourth-order valence-electron chi connectivity index (χ4n) is 5.56. The van der Waals surface area contributed by atoms with Gasteiger partial charge in [0.1, 0.15) is 12.1 Å². The molecule has 174 valence electrons. The maximum absolute atomic E-state index is 13.6. The molecule has 1 unspecified atom stereocenters. The predicted octanol–water partition coefficient (Wildman–Crippen LogP) is 5.25. The molecule has 1 aliphatic heterocycles. The van der Waals surface area contributed by atoms with Gasteiger partial charge in [0.15, 0.2) is 0 Å². The summed E-state index contributed by atoms with van der Waals surface area (Å²) in [6, 6.07) is 4.67. The third-order valence-corrected chi connectivity index (χ3v) is 7.81. The average molecular weight is 480 g/mol. The van der Waals surface area contributed by atoms with Crippen molar-refractivity contribution in [3.05, 3.63) is 33.8 Å². The van der Waals surface area contributed by atoms with Crippen molar-refractivity contribution in [1.82, 2.24) is 15.1 Å². The first-order chi connectivity index (χ1) is 15.3. The van der Waals surface area contributed by atoms with Gasteiger partial charge in [0, 0.05) is 27.7 Å². The molecule has 4 rings (SSSR count). The second kappa shape index (κ2) is 9.60. The van der Waals surface area contributed by atoms with Crippen LogP contribution in [-0.4, -0.2) is 46.3 Å². The fourth-order valence-corrected chi connectivity index (χ4v) is 6.16. The van der Waals surface area contributed by atoms with E-state index in [0.29, 0.717) is 15.6 Å². The summed E-state index contributed by atoms with van der Waals surface area (Å²) in [5.41, 5.74) is -0.868. The highest BCUT2D eigenvalue weighted by atomic mass is 35.5. The third kappa shape index (κ3) is 4.49. The molecule has 1 N–H and O–H groups in total. The van der Waals surface area contributed by atoms with Gasteiger partial charge in [-0.2, -0.15) is 0 Å². The zero-order valence-electron chi connectivity index (χ0n) is 18.5. The van der Waals surface area contributed by atoms with Gasteiger partial charge in [-0.3, -0.25) is 14.5 Å². The van der Waals surface area contributed by atoms with Crippen LogP contribution >= 0.6 is 23.2 Å². The number of nitrogens with zero attached hydrogens (tertiary/aromatic N) is 2. The minimum Gasteiger partial charge on any atom is -0.335 e. The lowest BCUT2D eigenvalue weighted by Crippen LogP contribution is -2.53. The Hall–Kier alpha value is -1.79. The number of urea groups is 1. The van der Waals surface area contributed by atoms with Crippen molar-refractivity contribution in [2.45, 2.75) is 88.8 Å². The summed E-state index contributed by atoms with van der Waals surface area (Å²) in [5, 5.41) is 3.49. The van der Waals surface area contributed by atoms with Gasteiger partial charge in [-0.25, -0.2) is 4.79 Å². The zero-order valence-corrected chi connectivity index (χ0v) is 20.1. The Balaban J connectivity index is 1.55. The van der Waals surface area contributed by atoms with E-state index in [1.54, 1.807) is 25.1 Å². The third-order valence-electron chi connectivity index (χ3n) is 7.26. The molecule has 0 bridgehead atoms.